The highest BCUT2D eigenvalue weighted by Gasteiger charge is 2.34. The number of hydrogen-bond acceptors (Lipinski definition) is 6. The van der Waals surface area contributed by atoms with E-state index in [0.717, 1.165) is 16.7 Å². The van der Waals surface area contributed by atoms with Gasteiger partial charge in [0.05, 0.1) is 17.3 Å². The third-order valence-electron chi connectivity index (χ3n) is 5.28. The molecule has 1 amide bonds. The summed E-state index contributed by atoms with van der Waals surface area (Å²) in [6.07, 6.45) is 0.476. The Morgan fingerprint density at radius 2 is 1.90 bits per heavy atom. The summed E-state index contributed by atoms with van der Waals surface area (Å²) in [7, 11) is -3.09. The van der Waals surface area contributed by atoms with E-state index in [0.29, 0.717) is 23.9 Å². The highest BCUT2D eigenvalue weighted by Crippen LogP contribution is 2.24. The normalized spacial score (nSPS) is 17.5. The summed E-state index contributed by atoms with van der Waals surface area (Å²) in [5, 5.41) is 7.61. The number of sulfone groups is 1. The van der Waals surface area contributed by atoms with Crippen LogP contribution in [0, 0.1) is 6.92 Å². The van der Waals surface area contributed by atoms with Gasteiger partial charge in [-0.1, -0.05) is 71.9 Å². The van der Waals surface area contributed by atoms with Crippen molar-refractivity contribution in [2.75, 3.05) is 17.3 Å². The first-order valence-corrected chi connectivity index (χ1v) is 12.9. The van der Waals surface area contributed by atoms with Gasteiger partial charge in [0.1, 0.15) is 0 Å². The van der Waals surface area contributed by atoms with Gasteiger partial charge in [-0.15, -0.1) is 5.10 Å². The van der Waals surface area contributed by atoms with Crippen LogP contribution in [0.5, 0.6) is 0 Å². The number of nitrogens with one attached hydrogen (secondary N) is 1. The maximum atomic E-state index is 13.1. The van der Waals surface area contributed by atoms with Crippen LogP contribution in [0.15, 0.2) is 59.8 Å². The fourth-order valence-corrected chi connectivity index (χ4v) is 6.00. The zero-order chi connectivity index (χ0) is 21.8. The minimum atomic E-state index is -3.09. The molecule has 1 saturated heterocycles. The van der Waals surface area contributed by atoms with E-state index in [1.54, 1.807) is 4.90 Å². The molecule has 1 N–H and O–H groups in total. The first-order chi connectivity index (χ1) is 14.9. The fraction of sp³-hybridized carbons (Fsp3) is 0.318. The quantitative estimate of drug-likeness (QED) is 0.549. The summed E-state index contributed by atoms with van der Waals surface area (Å²) in [5.41, 5.74) is 3.07. The number of hydrogen-bond donors (Lipinski definition) is 1. The van der Waals surface area contributed by atoms with Gasteiger partial charge in [-0.25, -0.2) is 13.4 Å². The van der Waals surface area contributed by atoms with E-state index in [1.165, 1.54) is 11.8 Å². The fourth-order valence-electron chi connectivity index (χ4n) is 3.58. The second-order valence-electron chi connectivity index (χ2n) is 7.69. The van der Waals surface area contributed by atoms with Crippen LogP contribution in [0.2, 0.25) is 0 Å². The number of aromatic nitrogens is 3. The highest BCUT2D eigenvalue weighted by molar-refractivity contribution is 7.99. The van der Waals surface area contributed by atoms with Gasteiger partial charge in [0.25, 0.3) is 0 Å². The Kier molecular flexibility index (Phi) is 6.43. The maximum Gasteiger partial charge on any atom is 0.233 e. The van der Waals surface area contributed by atoms with Crippen molar-refractivity contribution >= 4 is 27.5 Å². The SMILES string of the molecule is Cc1ccc(-c2nc(SCC(=O)N(Cc3ccccc3)C3CCS(=O)(=O)C3)n[nH]2)cc1. The van der Waals surface area contributed by atoms with Crippen molar-refractivity contribution in [1.29, 1.82) is 0 Å². The van der Waals surface area contributed by atoms with Crippen LogP contribution >= 0.6 is 11.8 Å². The molecule has 1 aliphatic heterocycles. The number of thioether (sulfide) groups is 1. The Morgan fingerprint density at radius 3 is 2.58 bits per heavy atom. The smallest absolute Gasteiger partial charge is 0.233 e. The van der Waals surface area contributed by atoms with Crippen LogP contribution in [-0.4, -0.2) is 57.7 Å². The highest BCUT2D eigenvalue weighted by atomic mass is 32.2. The predicted octanol–water partition coefficient (Wildman–Crippen LogP) is 3.09. The summed E-state index contributed by atoms with van der Waals surface area (Å²) in [5.74, 6) is 0.836. The Labute approximate surface area is 186 Å². The number of nitrogens with zero attached hydrogens (tertiary/aromatic N) is 3. The monoisotopic (exact) mass is 456 g/mol. The molecule has 2 heterocycles. The van der Waals surface area contributed by atoms with Gasteiger partial charge in [-0.3, -0.25) is 9.89 Å². The zero-order valence-corrected chi connectivity index (χ0v) is 18.8. The zero-order valence-electron chi connectivity index (χ0n) is 17.2. The number of aryl methyl sites for hydroxylation is 1. The number of aromatic amines is 1. The molecule has 0 aliphatic carbocycles. The van der Waals surface area contributed by atoms with Crippen molar-refractivity contribution in [3.63, 3.8) is 0 Å². The van der Waals surface area contributed by atoms with Crippen LogP contribution in [-0.2, 0) is 21.2 Å². The molecule has 1 fully saturated rings. The Balaban J connectivity index is 1.44. The first kappa shape index (κ1) is 21.6. The minimum Gasteiger partial charge on any atom is -0.334 e. The lowest BCUT2D eigenvalue weighted by Crippen LogP contribution is -2.41. The Hall–Kier alpha value is -2.65. The lowest BCUT2D eigenvalue weighted by atomic mass is 10.1. The van der Waals surface area contributed by atoms with Crippen molar-refractivity contribution in [3.8, 4) is 11.4 Å². The second-order valence-corrected chi connectivity index (χ2v) is 10.9. The maximum absolute atomic E-state index is 13.1. The average molecular weight is 457 g/mol. The van der Waals surface area contributed by atoms with E-state index in [1.807, 2.05) is 61.5 Å². The molecule has 0 radical (unpaired) electrons. The van der Waals surface area contributed by atoms with Crippen molar-refractivity contribution in [1.82, 2.24) is 20.1 Å². The molecule has 1 aliphatic rings. The van der Waals surface area contributed by atoms with Gasteiger partial charge in [0, 0.05) is 18.2 Å². The van der Waals surface area contributed by atoms with E-state index in [4.69, 9.17) is 0 Å². The number of carbonyl (C=O) groups excluding carboxylic acids is 1. The molecule has 0 spiro atoms. The van der Waals surface area contributed by atoms with Crippen LogP contribution in [0.4, 0.5) is 0 Å². The summed E-state index contributed by atoms with van der Waals surface area (Å²) in [6.45, 7) is 2.41. The van der Waals surface area contributed by atoms with Crippen molar-refractivity contribution < 1.29 is 13.2 Å². The second kappa shape index (κ2) is 9.23. The third-order valence-corrected chi connectivity index (χ3v) is 7.86. The molecule has 4 rings (SSSR count). The number of benzene rings is 2. The van der Waals surface area contributed by atoms with E-state index < -0.39 is 9.84 Å². The molecular weight excluding hydrogens is 432 g/mol. The lowest BCUT2D eigenvalue weighted by Gasteiger charge is -2.28. The van der Waals surface area contributed by atoms with Crippen LogP contribution in [0.25, 0.3) is 11.4 Å². The van der Waals surface area contributed by atoms with Crippen LogP contribution in [0.1, 0.15) is 17.5 Å². The lowest BCUT2D eigenvalue weighted by molar-refractivity contribution is -0.130. The average Bonchev–Trinajstić information content (AvgIpc) is 3.38. The molecular formula is C22H24N4O3S2. The Morgan fingerprint density at radius 1 is 1.16 bits per heavy atom. The summed E-state index contributed by atoms with van der Waals surface area (Å²) < 4.78 is 24.0. The van der Waals surface area contributed by atoms with E-state index >= 15 is 0 Å². The van der Waals surface area contributed by atoms with Crippen molar-refractivity contribution in [3.05, 3.63) is 65.7 Å². The summed E-state index contributed by atoms with van der Waals surface area (Å²) in [4.78, 5) is 19.2. The van der Waals surface area contributed by atoms with Gasteiger partial charge >= 0.3 is 0 Å². The summed E-state index contributed by atoms with van der Waals surface area (Å²) in [6, 6.07) is 17.3. The molecule has 0 saturated carbocycles. The predicted molar refractivity (Wildman–Crippen MR) is 121 cm³/mol. The number of H-pyrrole nitrogens is 1. The Bertz CT molecular complexity index is 1150. The molecule has 0 bridgehead atoms. The van der Waals surface area contributed by atoms with Gasteiger partial charge in [-0.05, 0) is 18.9 Å². The largest absolute Gasteiger partial charge is 0.334 e. The van der Waals surface area contributed by atoms with E-state index in [2.05, 4.69) is 15.2 Å². The van der Waals surface area contributed by atoms with Crippen molar-refractivity contribution in [2.24, 2.45) is 0 Å². The minimum absolute atomic E-state index is 0.0223. The topological polar surface area (TPSA) is 96.0 Å². The van der Waals surface area contributed by atoms with Gasteiger partial charge in [0.15, 0.2) is 15.7 Å². The van der Waals surface area contributed by atoms with Gasteiger partial charge in [-0.2, -0.15) is 0 Å². The van der Waals surface area contributed by atoms with Crippen LogP contribution in [0.3, 0.4) is 0 Å². The van der Waals surface area contributed by atoms with Gasteiger partial charge in [0.2, 0.25) is 11.1 Å². The molecule has 1 aromatic heterocycles. The van der Waals surface area contributed by atoms with E-state index in [9.17, 15) is 13.2 Å². The first-order valence-electron chi connectivity index (χ1n) is 10.1. The molecule has 2 aromatic carbocycles. The molecule has 1 atom stereocenters. The third kappa shape index (κ3) is 5.54. The molecule has 3 aromatic rings. The standard InChI is InChI=1S/C22H24N4O3S2/c1-16-7-9-18(10-8-16)21-23-22(25-24-21)30-14-20(27)26(13-17-5-3-2-4-6-17)19-11-12-31(28,29)15-19/h2-10,19H,11-15H2,1H3,(H,23,24,25). The molecule has 31 heavy (non-hydrogen) atoms. The van der Waals surface area contributed by atoms with Crippen LogP contribution < -0.4 is 0 Å². The number of amides is 1. The number of carbonyl (C=O) groups is 1. The van der Waals surface area contributed by atoms with Gasteiger partial charge < -0.3 is 4.90 Å². The molecule has 162 valence electrons. The summed E-state index contributed by atoms with van der Waals surface area (Å²) >= 11 is 1.25. The molecule has 1 unspecified atom stereocenters. The van der Waals surface area contributed by atoms with Crippen molar-refractivity contribution in [2.45, 2.75) is 31.1 Å². The molecule has 9 heteroatoms. The number of rotatable bonds is 7. The van der Waals surface area contributed by atoms with E-state index in [-0.39, 0.29) is 29.2 Å². The molecule has 7 nitrogen and oxygen atoms in total.